The van der Waals surface area contributed by atoms with Crippen LogP contribution in [0.5, 0.6) is 0 Å². The fourth-order valence-electron chi connectivity index (χ4n) is 1.69. The number of amides is 1. The highest BCUT2D eigenvalue weighted by Gasteiger charge is 2.23. The molecular formula is C14H22N2O3S. The Morgan fingerprint density at radius 2 is 2.00 bits per heavy atom. The lowest BCUT2D eigenvalue weighted by atomic mass is 9.98. The quantitative estimate of drug-likeness (QED) is 0.905. The van der Waals surface area contributed by atoms with Gasteiger partial charge in [-0.2, -0.15) is 0 Å². The molecule has 0 atom stereocenters. The van der Waals surface area contributed by atoms with Crippen molar-refractivity contribution in [3.05, 3.63) is 16.1 Å². The van der Waals surface area contributed by atoms with Crippen molar-refractivity contribution in [1.82, 2.24) is 9.88 Å². The molecule has 0 fully saturated rings. The highest BCUT2D eigenvalue weighted by atomic mass is 32.1. The molecule has 0 saturated carbocycles. The maximum Gasteiger partial charge on any atom is 0.323 e. The molecule has 112 valence electrons. The molecule has 1 heterocycles. The number of carbonyl (C=O) groups excluding carboxylic acids is 1. The Kier molecular flexibility index (Phi) is 5.28. The van der Waals surface area contributed by atoms with E-state index in [9.17, 15) is 9.59 Å². The van der Waals surface area contributed by atoms with Gasteiger partial charge < -0.3 is 10.0 Å². The fourth-order valence-corrected chi connectivity index (χ4v) is 2.60. The van der Waals surface area contributed by atoms with E-state index in [0.29, 0.717) is 5.69 Å². The van der Waals surface area contributed by atoms with Crippen molar-refractivity contribution in [3.63, 3.8) is 0 Å². The minimum atomic E-state index is -0.999. The van der Waals surface area contributed by atoms with Crippen molar-refractivity contribution < 1.29 is 14.7 Å². The molecule has 1 N–H and O–H groups in total. The van der Waals surface area contributed by atoms with Crippen LogP contribution < -0.4 is 0 Å². The lowest BCUT2D eigenvalue weighted by Crippen LogP contribution is -2.41. The average molecular weight is 298 g/mol. The molecule has 0 saturated heterocycles. The zero-order valence-corrected chi connectivity index (χ0v) is 13.5. The average Bonchev–Trinajstić information content (AvgIpc) is 2.73. The fraction of sp³-hybridized carbons (Fsp3) is 0.643. The summed E-state index contributed by atoms with van der Waals surface area (Å²) in [6.45, 7) is 9.56. The molecule has 0 bridgehead atoms. The maximum atomic E-state index is 12.2. The molecule has 0 unspecified atom stereocenters. The van der Waals surface area contributed by atoms with E-state index in [0.717, 1.165) is 5.01 Å². The van der Waals surface area contributed by atoms with Gasteiger partial charge in [-0.25, -0.2) is 4.98 Å². The summed E-state index contributed by atoms with van der Waals surface area (Å²) in [5.74, 6) is -1.20. The number of rotatable bonds is 5. The van der Waals surface area contributed by atoms with Gasteiger partial charge in [0.05, 0.1) is 17.1 Å². The molecule has 1 aromatic rings. The van der Waals surface area contributed by atoms with Crippen molar-refractivity contribution >= 4 is 23.2 Å². The number of carboxylic acid groups (broad SMARTS) is 1. The number of aliphatic carboxylic acids is 1. The van der Waals surface area contributed by atoms with E-state index in [2.05, 4.69) is 25.8 Å². The van der Waals surface area contributed by atoms with Crippen LogP contribution >= 0.6 is 11.3 Å². The van der Waals surface area contributed by atoms with Gasteiger partial charge in [-0.3, -0.25) is 9.59 Å². The molecule has 0 aliphatic rings. The standard InChI is InChI=1S/C14H22N2O3S/c1-9(2)16(7-12(18)19)11(17)6-10-8-20-13(15-10)14(3,4)5/h8-9H,6-7H2,1-5H3,(H,18,19). The normalized spacial score (nSPS) is 11.7. The monoisotopic (exact) mass is 298 g/mol. The first-order chi connectivity index (χ1) is 9.11. The van der Waals surface area contributed by atoms with Crippen LogP contribution in [-0.4, -0.2) is 39.5 Å². The van der Waals surface area contributed by atoms with E-state index in [1.165, 1.54) is 16.2 Å². The summed E-state index contributed by atoms with van der Waals surface area (Å²) in [6, 6.07) is -0.140. The van der Waals surface area contributed by atoms with Gasteiger partial charge in [0, 0.05) is 16.8 Å². The number of carboxylic acids is 1. The molecule has 0 aliphatic heterocycles. The van der Waals surface area contributed by atoms with E-state index < -0.39 is 5.97 Å². The molecule has 1 amide bonds. The zero-order chi connectivity index (χ0) is 15.5. The lowest BCUT2D eigenvalue weighted by Gasteiger charge is -2.24. The summed E-state index contributed by atoms with van der Waals surface area (Å²) in [5, 5.41) is 11.7. The smallest absolute Gasteiger partial charge is 0.323 e. The molecular weight excluding hydrogens is 276 g/mol. The summed E-state index contributed by atoms with van der Waals surface area (Å²) in [7, 11) is 0. The van der Waals surface area contributed by atoms with Crippen molar-refractivity contribution in [3.8, 4) is 0 Å². The lowest BCUT2D eigenvalue weighted by molar-refractivity contribution is -0.145. The molecule has 6 heteroatoms. The van der Waals surface area contributed by atoms with Crippen LogP contribution in [0.25, 0.3) is 0 Å². The van der Waals surface area contributed by atoms with E-state index in [4.69, 9.17) is 5.11 Å². The Balaban J connectivity index is 2.78. The summed E-state index contributed by atoms with van der Waals surface area (Å²) < 4.78 is 0. The van der Waals surface area contributed by atoms with E-state index in [1.54, 1.807) is 0 Å². The van der Waals surface area contributed by atoms with Crippen LogP contribution in [0.15, 0.2) is 5.38 Å². The zero-order valence-electron chi connectivity index (χ0n) is 12.6. The van der Waals surface area contributed by atoms with Gasteiger partial charge in [-0.1, -0.05) is 20.8 Å². The molecule has 5 nitrogen and oxygen atoms in total. The summed E-state index contributed by atoms with van der Waals surface area (Å²) in [5.41, 5.74) is 0.672. The Bertz CT molecular complexity index is 489. The van der Waals surface area contributed by atoms with E-state index in [1.807, 2.05) is 19.2 Å². The predicted octanol–water partition coefficient (Wildman–Crippen LogP) is 2.30. The summed E-state index contributed by atoms with van der Waals surface area (Å²) in [6.07, 6.45) is 0.151. The minimum absolute atomic E-state index is 0.0369. The molecule has 0 spiro atoms. The molecule has 0 aliphatic carbocycles. The Hall–Kier alpha value is -1.43. The van der Waals surface area contributed by atoms with Crippen molar-refractivity contribution in [2.45, 2.75) is 52.5 Å². The summed E-state index contributed by atoms with van der Waals surface area (Å²) >= 11 is 1.53. The van der Waals surface area contributed by atoms with Gasteiger partial charge in [0.25, 0.3) is 0 Å². The number of hydrogen-bond acceptors (Lipinski definition) is 4. The SMILES string of the molecule is CC(C)N(CC(=O)O)C(=O)Cc1csc(C(C)(C)C)n1. The van der Waals surface area contributed by atoms with Gasteiger partial charge in [0.1, 0.15) is 6.54 Å². The molecule has 1 aromatic heterocycles. The van der Waals surface area contributed by atoms with Gasteiger partial charge in [-0.05, 0) is 13.8 Å². The topological polar surface area (TPSA) is 70.5 Å². The van der Waals surface area contributed by atoms with Gasteiger partial charge in [0.2, 0.25) is 5.91 Å². The van der Waals surface area contributed by atoms with Crippen LogP contribution in [0, 0.1) is 0 Å². The highest BCUT2D eigenvalue weighted by Crippen LogP contribution is 2.25. The second-order valence-electron chi connectivity index (χ2n) is 6.08. The van der Waals surface area contributed by atoms with Gasteiger partial charge in [-0.15, -0.1) is 11.3 Å². The Labute approximate surface area is 123 Å². The number of carbonyl (C=O) groups is 2. The molecule has 0 aromatic carbocycles. The number of nitrogens with zero attached hydrogens (tertiary/aromatic N) is 2. The number of hydrogen-bond donors (Lipinski definition) is 1. The maximum absolute atomic E-state index is 12.2. The van der Waals surface area contributed by atoms with Crippen LogP contribution in [-0.2, 0) is 21.4 Å². The number of aromatic nitrogens is 1. The third kappa shape index (κ3) is 4.59. The van der Waals surface area contributed by atoms with E-state index >= 15 is 0 Å². The van der Waals surface area contributed by atoms with Gasteiger partial charge in [0.15, 0.2) is 0 Å². The van der Waals surface area contributed by atoms with Crippen LogP contribution in [0.3, 0.4) is 0 Å². The Morgan fingerprint density at radius 1 is 1.40 bits per heavy atom. The minimum Gasteiger partial charge on any atom is -0.480 e. The van der Waals surface area contributed by atoms with Gasteiger partial charge >= 0.3 is 5.97 Å². The molecule has 1 rings (SSSR count). The van der Waals surface area contributed by atoms with Crippen molar-refractivity contribution in [1.29, 1.82) is 0 Å². The van der Waals surface area contributed by atoms with Crippen LogP contribution in [0.1, 0.15) is 45.3 Å². The van der Waals surface area contributed by atoms with E-state index in [-0.39, 0.29) is 30.3 Å². The largest absolute Gasteiger partial charge is 0.480 e. The highest BCUT2D eigenvalue weighted by molar-refractivity contribution is 7.09. The predicted molar refractivity (Wildman–Crippen MR) is 79.0 cm³/mol. The van der Waals surface area contributed by atoms with Crippen LogP contribution in [0.4, 0.5) is 0 Å². The van der Waals surface area contributed by atoms with Crippen molar-refractivity contribution in [2.24, 2.45) is 0 Å². The summed E-state index contributed by atoms with van der Waals surface area (Å²) in [4.78, 5) is 28.8. The van der Waals surface area contributed by atoms with Crippen LogP contribution in [0.2, 0.25) is 0 Å². The number of thiazole rings is 1. The second kappa shape index (κ2) is 6.35. The first kappa shape index (κ1) is 16.6. The molecule has 0 radical (unpaired) electrons. The Morgan fingerprint density at radius 3 is 2.40 bits per heavy atom. The molecule has 20 heavy (non-hydrogen) atoms. The third-order valence-corrected chi connectivity index (χ3v) is 4.09. The first-order valence-corrected chi connectivity index (χ1v) is 7.45. The first-order valence-electron chi connectivity index (χ1n) is 6.57. The third-order valence-electron chi connectivity index (χ3n) is 2.77. The second-order valence-corrected chi connectivity index (χ2v) is 6.94. The van der Waals surface area contributed by atoms with Crippen molar-refractivity contribution in [2.75, 3.05) is 6.54 Å².